The third kappa shape index (κ3) is 2.04. The molecule has 0 aromatic carbocycles. The molecule has 0 spiro atoms. The van der Waals surface area contributed by atoms with Crippen LogP contribution in [0.5, 0.6) is 0 Å². The smallest absolute Gasteiger partial charge is 0.173 e. The second kappa shape index (κ2) is 5.89. The predicted molar refractivity (Wildman–Crippen MR) is 102 cm³/mol. The third-order valence-electron chi connectivity index (χ3n) is 8.38. The van der Waals surface area contributed by atoms with Crippen LogP contribution in [0.25, 0.3) is 0 Å². The zero-order chi connectivity index (χ0) is 20.5. The lowest BCUT2D eigenvalue weighted by atomic mass is 9.45. The van der Waals surface area contributed by atoms with Gasteiger partial charge in [0.2, 0.25) is 0 Å². The average Bonchev–Trinajstić information content (AvgIpc) is 3.01. The molecule has 4 rings (SSSR count). The second-order valence-corrected chi connectivity index (χ2v) is 9.65. The molecule has 4 aliphatic rings. The summed E-state index contributed by atoms with van der Waals surface area (Å²) in [5, 5.41) is 9.59. The van der Waals surface area contributed by atoms with Crippen molar-refractivity contribution in [3.8, 4) is 6.07 Å². The molecule has 5 nitrogen and oxygen atoms in total. The number of fused-ring (bicyclic) bond motifs is 4. The highest BCUT2D eigenvalue weighted by Gasteiger charge is 2.66. The van der Waals surface area contributed by atoms with E-state index in [1.54, 1.807) is 0 Å². The Morgan fingerprint density at radius 1 is 1.25 bits per heavy atom. The number of hydrogen-bond donors (Lipinski definition) is 0. The van der Waals surface area contributed by atoms with E-state index in [9.17, 15) is 19.6 Å². The molecule has 0 aromatic rings. The predicted octanol–water partition coefficient (Wildman–Crippen LogP) is 3.55. The highest BCUT2D eigenvalue weighted by molar-refractivity contribution is 6.12. The Labute approximate surface area is 165 Å². The van der Waals surface area contributed by atoms with E-state index in [0.717, 1.165) is 24.7 Å². The number of carbonyl (C=O) groups excluding carboxylic acids is 3. The summed E-state index contributed by atoms with van der Waals surface area (Å²) >= 11 is 0. The lowest BCUT2D eigenvalue weighted by molar-refractivity contribution is -0.151. The largest absolute Gasteiger partial charge is 0.500 e. The Hall–Kier alpha value is -2.22. The quantitative estimate of drug-likeness (QED) is 0.539. The summed E-state index contributed by atoms with van der Waals surface area (Å²) in [6, 6.07) is 2.42. The zero-order valence-electron chi connectivity index (χ0n) is 17.0. The van der Waals surface area contributed by atoms with Crippen molar-refractivity contribution in [3.63, 3.8) is 0 Å². The first kappa shape index (κ1) is 19.1. The maximum absolute atomic E-state index is 13.4. The van der Waals surface area contributed by atoms with Crippen molar-refractivity contribution in [3.05, 3.63) is 23.0 Å². The Morgan fingerprint density at radius 2 is 1.96 bits per heavy atom. The third-order valence-corrected chi connectivity index (χ3v) is 8.38. The van der Waals surface area contributed by atoms with E-state index in [2.05, 4.69) is 13.0 Å². The Kier molecular flexibility index (Phi) is 4.02. The van der Waals surface area contributed by atoms with Gasteiger partial charge in [-0.05, 0) is 37.2 Å². The van der Waals surface area contributed by atoms with Crippen molar-refractivity contribution in [2.24, 2.45) is 34.0 Å². The number of aldehydes is 1. The van der Waals surface area contributed by atoms with Gasteiger partial charge in [0, 0.05) is 29.2 Å². The normalized spacial score (nSPS) is 41.4. The topological polar surface area (TPSA) is 84.2 Å². The van der Waals surface area contributed by atoms with E-state index in [-0.39, 0.29) is 29.3 Å². The molecule has 0 saturated heterocycles. The lowest BCUT2D eigenvalue weighted by Crippen LogP contribution is -2.60. The van der Waals surface area contributed by atoms with Crippen LogP contribution in [0.4, 0.5) is 0 Å². The molecule has 0 aromatic heterocycles. The molecular formula is C23H27NO4. The molecule has 0 unspecified atom stereocenters. The van der Waals surface area contributed by atoms with Crippen molar-refractivity contribution in [1.29, 1.82) is 5.26 Å². The fourth-order valence-electron chi connectivity index (χ4n) is 6.77. The van der Waals surface area contributed by atoms with Crippen molar-refractivity contribution in [1.82, 2.24) is 0 Å². The van der Waals surface area contributed by atoms with Crippen molar-refractivity contribution >= 4 is 17.9 Å². The molecule has 0 heterocycles. The molecule has 4 aliphatic carbocycles. The minimum Gasteiger partial charge on any atom is -0.500 e. The molecule has 28 heavy (non-hydrogen) atoms. The number of ether oxygens (including phenoxy) is 1. The van der Waals surface area contributed by atoms with Gasteiger partial charge >= 0.3 is 0 Å². The van der Waals surface area contributed by atoms with Crippen molar-refractivity contribution in [2.75, 3.05) is 7.11 Å². The van der Waals surface area contributed by atoms with E-state index in [4.69, 9.17) is 4.74 Å². The molecule has 5 heteroatoms. The highest BCUT2D eigenvalue weighted by Crippen LogP contribution is 2.65. The fourth-order valence-corrected chi connectivity index (χ4v) is 6.77. The van der Waals surface area contributed by atoms with Crippen LogP contribution in [0.2, 0.25) is 0 Å². The van der Waals surface area contributed by atoms with Crippen molar-refractivity contribution < 1.29 is 19.1 Å². The SMILES string of the molecule is COC1=CC(=O)[C@@]2(C=O)[C@@H]3CC[C@]4(C)C(=C3C(=O)C[C@H]2C1(C)C)CC[C@H]4C#N. The first-order valence-electron chi connectivity index (χ1n) is 10.1. The minimum absolute atomic E-state index is 0.0465. The molecule has 0 amide bonds. The van der Waals surface area contributed by atoms with E-state index < -0.39 is 22.7 Å². The first-order valence-corrected chi connectivity index (χ1v) is 10.1. The number of rotatable bonds is 2. The fraction of sp³-hybridized carbons (Fsp3) is 0.652. The second-order valence-electron chi connectivity index (χ2n) is 9.65. The van der Waals surface area contributed by atoms with Crippen LogP contribution in [-0.2, 0) is 19.1 Å². The van der Waals surface area contributed by atoms with E-state index in [1.807, 2.05) is 13.8 Å². The van der Waals surface area contributed by atoms with Gasteiger partial charge in [0.25, 0.3) is 0 Å². The van der Waals surface area contributed by atoms with Crippen LogP contribution < -0.4 is 0 Å². The molecule has 148 valence electrons. The summed E-state index contributed by atoms with van der Waals surface area (Å²) in [6.45, 7) is 5.99. The van der Waals surface area contributed by atoms with Crippen LogP contribution in [0.3, 0.4) is 0 Å². The number of nitriles is 1. The van der Waals surface area contributed by atoms with E-state index in [1.165, 1.54) is 13.2 Å². The molecule has 0 N–H and O–H groups in total. The summed E-state index contributed by atoms with van der Waals surface area (Å²) in [7, 11) is 1.53. The average molecular weight is 381 g/mol. The number of ketones is 2. The molecule has 2 saturated carbocycles. The van der Waals surface area contributed by atoms with Crippen LogP contribution in [0.1, 0.15) is 52.9 Å². The number of methoxy groups -OCH3 is 1. The number of Topliss-reactive ketones (excluding diaryl/α,β-unsaturated/α-hetero) is 1. The van der Waals surface area contributed by atoms with Crippen LogP contribution >= 0.6 is 0 Å². The van der Waals surface area contributed by atoms with Crippen LogP contribution in [0.15, 0.2) is 23.0 Å². The first-order chi connectivity index (χ1) is 13.2. The summed E-state index contributed by atoms with van der Waals surface area (Å²) in [6.07, 6.45) is 5.25. The number of allylic oxidation sites excluding steroid dienone is 4. The van der Waals surface area contributed by atoms with Gasteiger partial charge in [-0.15, -0.1) is 0 Å². The molecule has 2 fully saturated rings. The number of carbonyl (C=O) groups is 3. The minimum atomic E-state index is -1.21. The molecule has 0 bridgehead atoms. The molecule has 0 radical (unpaired) electrons. The number of hydrogen-bond acceptors (Lipinski definition) is 5. The zero-order valence-corrected chi connectivity index (χ0v) is 17.0. The van der Waals surface area contributed by atoms with Crippen molar-refractivity contribution in [2.45, 2.75) is 52.9 Å². The van der Waals surface area contributed by atoms with Gasteiger partial charge in [0.15, 0.2) is 11.6 Å². The molecule has 0 aliphatic heterocycles. The number of nitrogens with zero attached hydrogens (tertiary/aromatic N) is 1. The Bertz CT molecular complexity index is 889. The van der Waals surface area contributed by atoms with Gasteiger partial charge in [-0.1, -0.05) is 26.3 Å². The van der Waals surface area contributed by atoms with Gasteiger partial charge < -0.3 is 9.53 Å². The van der Waals surface area contributed by atoms with Gasteiger partial charge in [-0.2, -0.15) is 5.26 Å². The highest BCUT2D eigenvalue weighted by atomic mass is 16.5. The van der Waals surface area contributed by atoms with E-state index in [0.29, 0.717) is 24.2 Å². The molecule has 5 atom stereocenters. The van der Waals surface area contributed by atoms with Gasteiger partial charge in [0.1, 0.15) is 12.0 Å². The van der Waals surface area contributed by atoms with Crippen LogP contribution in [-0.4, -0.2) is 25.0 Å². The maximum Gasteiger partial charge on any atom is 0.173 e. The Balaban J connectivity index is 1.94. The van der Waals surface area contributed by atoms with Gasteiger partial charge in [-0.25, -0.2) is 0 Å². The maximum atomic E-state index is 13.4. The van der Waals surface area contributed by atoms with Crippen LogP contribution in [0, 0.1) is 45.3 Å². The molecular weight excluding hydrogens is 354 g/mol. The lowest BCUT2D eigenvalue weighted by Gasteiger charge is -2.56. The Morgan fingerprint density at radius 3 is 2.57 bits per heavy atom. The monoisotopic (exact) mass is 381 g/mol. The van der Waals surface area contributed by atoms with E-state index >= 15 is 0 Å². The standard InChI is InChI=1S/C23H27NO4/c1-21(2)17-9-16(26)20-14-6-5-13(11-24)22(14,3)8-7-15(20)23(17,12-25)18(27)10-19(21)28-4/h10,12-13,15,17H,5-9H2,1-4H3/t13-,15+,17-,22-,23-/m0/s1. The summed E-state index contributed by atoms with van der Waals surface area (Å²) in [5.74, 6) is -0.562. The summed E-state index contributed by atoms with van der Waals surface area (Å²) in [4.78, 5) is 39.3. The summed E-state index contributed by atoms with van der Waals surface area (Å²) < 4.78 is 5.47. The van der Waals surface area contributed by atoms with Gasteiger partial charge in [0.05, 0.1) is 24.5 Å². The van der Waals surface area contributed by atoms with Gasteiger partial charge in [-0.3, -0.25) is 9.59 Å². The summed E-state index contributed by atoms with van der Waals surface area (Å²) in [5.41, 5.74) is -0.386.